The third kappa shape index (κ3) is 4.36. The molecule has 1 atom stereocenters. The topological polar surface area (TPSA) is 134 Å². The summed E-state index contributed by atoms with van der Waals surface area (Å²) in [6.45, 7) is 3.69. The minimum Gasteiger partial charge on any atom is -0.380 e. The van der Waals surface area contributed by atoms with Gasteiger partial charge in [0.25, 0.3) is 11.8 Å². The Balaban J connectivity index is 1.12. The second-order valence-electron chi connectivity index (χ2n) is 11.4. The number of hydrogen-bond donors (Lipinski definition) is 2. The Kier molecular flexibility index (Phi) is 6.64. The fourth-order valence-corrected chi connectivity index (χ4v) is 6.52. The molecular formula is C28H31ClN6O5. The summed E-state index contributed by atoms with van der Waals surface area (Å²) < 4.78 is 1.81. The van der Waals surface area contributed by atoms with E-state index in [1.165, 1.54) is 0 Å². The van der Waals surface area contributed by atoms with E-state index in [1.807, 2.05) is 4.90 Å². The van der Waals surface area contributed by atoms with Gasteiger partial charge in [0.05, 0.1) is 23.4 Å². The number of anilines is 1. The van der Waals surface area contributed by atoms with Crippen molar-refractivity contribution in [3.8, 4) is 0 Å². The van der Waals surface area contributed by atoms with Crippen LogP contribution in [0.15, 0.2) is 24.4 Å². The van der Waals surface area contributed by atoms with Crippen LogP contribution in [0.5, 0.6) is 0 Å². The van der Waals surface area contributed by atoms with Crippen LogP contribution >= 0.6 is 11.6 Å². The van der Waals surface area contributed by atoms with Gasteiger partial charge in [-0.25, -0.2) is 0 Å². The first-order chi connectivity index (χ1) is 19.2. The summed E-state index contributed by atoms with van der Waals surface area (Å²) >= 11 is 6.73. The number of rotatable bonds is 6. The summed E-state index contributed by atoms with van der Waals surface area (Å²) in [5.74, 6) is -1.93. The first-order valence-corrected chi connectivity index (χ1v) is 14.2. The summed E-state index contributed by atoms with van der Waals surface area (Å²) in [5.41, 5.74) is 1.39. The highest BCUT2D eigenvalue weighted by Gasteiger charge is 2.46. The number of nitrogens with one attached hydrogen (secondary N) is 2. The normalized spacial score (nSPS) is 22.7. The van der Waals surface area contributed by atoms with Crippen molar-refractivity contribution >= 4 is 46.8 Å². The smallest absolute Gasteiger partial charge is 0.264 e. The summed E-state index contributed by atoms with van der Waals surface area (Å²) in [4.78, 5) is 66.2. The number of likely N-dealkylation sites (tertiary alicyclic amines) is 1. The third-order valence-electron chi connectivity index (χ3n) is 8.81. The van der Waals surface area contributed by atoms with E-state index in [-0.39, 0.29) is 47.9 Å². The molecule has 3 aliphatic heterocycles. The average Bonchev–Trinajstić information content (AvgIpc) is 3.42. The molecule has 0 spiro atoms. The van der Waals surface area contributed by atoms with Crippen molar-refractivity contribution in [3.05, 3.63) is 46.2 Å². The van der Waals surface area contributed by atoms with Gasteiger partial charge in [-0.05, 0) is 44.2 Å². The van der Waals surface area contributed by atoms with Gasteiger partial charge >= 0.3 is 0 Å². The molecule has 1 unspecified atom stereocenters. The fraction of sp³-hybridized carbons (Fsp3) is 0.500. The van der Waals surface area contributed by atoms with Crippen LogP contribution in [0.2, 0.25) is 5.15 Å². The van der Waals surface area contributed by atoms with Crippen LogP contribution in [0.25, 0.3) is 0 Å². The van der Waals surface area contributed by atoms with E-state index < -0.39 is 29.7 Å². The predicted molar refractivity (Wildman–Crippen MR) is 144 cm³/mol. The highest BCUT2D eigenvalue weighted by molar-refractivity contribution is 6.30. The van der Waals surface area contributed by atoms with Crippen molar-refractivity contribution in [3.63, 3.8) is 0 Å². The van der Waals surface area contributed by atoms with Gasteiger partial charge in [0, 0.05) is 42.7 Å². The number of imide groups is 2. The van der Waals surface area contributed by atoms with Gasteiger partial charge in [-0.3, -0.25) is 38.9 Å². The molecule has 0 bridgehead atoms. The monoisotopic (exact) mass is 566 g/mol. The van der Waals surface area contributed by atoms with Crippen LogP contribution in [0, 0.1) is 5.41 Å². The van der Waals surface area contributed by atoms with Gasteiger partial charge < -0.3 is 10.2 Å². The lowest BCUT2D eigenvalue weighted by Gasteiger charge is -2.43. The SMILES string of the molecule is CC1(C(=O)N2CCC(n3ncc(CNc4cccc5c4C(=O)N(C4CCC(=O)NC4=O)C5=O)c3Cl)CC2)CCC1. The summed E-state index contributed by atoms with van der Waals surface area (Å²) in [6, 6.07) is 3.99. The van der Waals surface area contributed by atoms with Crippen molar-refractivity contribution < 1.29 is 24.0 Å². The number of hydrogen-bond acceptors (Lipinski definition) is 7. The van der Waals surface area contributed by atoms with Gasteiger partial charge in [0.1, 0.15) is 11.2 Å². The van der Waals surface area contributed by atoms with Gasteiger partial charge in [-0.15, -0.1) is 0 Å². The van der Waals surface area contributed by atoms with Crippen LogP contribution < -0.4 is 10.6 Å². The van der Waals surface area contributed by atoms with Crippen LogP contribution in [0.3, 0.4) is 0 Å². The van der Waals surface area contributed by atoms with Crippen LogP contribution in [0.1, 0.15) is 84.2 Å². The van der Waals surface area contributed by atoms with Crippen molar-refractivity contribution in [2.75, 3.05) is 18.4 Å². The number of nitrogens with zero attached hydrogens (tertiary/aromatic N) is 4. The zero-order valence-electron chi connectivity index (χ0n) is 22.2. The Labute approximate surface area is 236 Å². The van der Waals surface area contributed by atoms with Crippen molar-refractivity contribution in [1.29, 1.82) is 0 Å². The van der Waals surface area contributed by atoms with Gasteiger partial charge in [-0.1, -0.05) is 31.0 Å². The summed E-state index contributed by atoms with van der Waals surface area (Å²) in [7, 11) is 0. The van der Waals surface area contributed by atoms with Crippen LogP contribution in [-0.2, 0) is 20.9 Å². The highest BCUT2D eigenvalue weighted by Crippen LogP contribution is 2.43. The molecule has 1 aromatic carbocycles. The van der Waals surface area contributed by atoms with Crippen LogP contribution in [0.4, 0.5) is 5.69 Å². The largest absolute Gasteiger partial charge is 0.380 e. The number of benzene rings is 1. The second-order valence-corrected chi connectivity index (χ2v) is 11.7. The Morgan fingerprint density at radius 1 is 1.12 bits per heavy atom. The van der Waals surface area contributed by atoms with E-state index in [2.05, 4.69) is 22.7 Å². The highest BCUT2D eigenvalue weighted by atomic mass is 35.5. The molecule has 40 heavy (non-hydrogen) atoms. The minimum absolute atomic E-state index is 0.0616. The molecule has 1 aromatic heterocycles. The number of amides is 5. The first-order valence-electron chi connectivity index (χ1n) is 13.8. The van der Waals surface area contributed by atoms with Crippen molar-refractivity contribution in [2.24, 2.45) is 5.41 Å². The summed E-state index contributed by atoms with van der Waals surface area (Å²) in [6.07, 6.45) is 6.44. The molecule has 1 aliphatic carbocycles. The zero-order chi connectivity index (χ0) is 28.2. The number of aromatic nitrogens is 2. The van der Waals surface area contributed by atoms with Gasteiger partial charge in [0.2, 0.25) is 17.7 Å². The Hall–Kier alpha value is -3.73. The second kappa shape index (κ2) is 10.0. The van der Waals surface area contributed by atoms with Crippen molar-refractivity contribution in [2.45, 2.75) is 70.5 Å². The molecule has 210 valence electrons. The molecular weight excluding hydrogens is 536 g/mol. The maximum absolute atomic E-state index is 13.3. The number of fused-ring (bicyclic) bond motifs is 1. The first kappa shape index (κ1) is 26.5. The lowest BCUT2D eigenvalue weighted by atomic mass is 9.69. The predicted octanol–water partition coefficient (Wildman–Crippen LogP) is 2.90. The van der Waals surface area contributed by atoms with E-state index in [0.717, 1.165) is 42.6 Å². The number of carbonyl (C=O) groups excluding carboxylic acids is 5. The standard InChI is InChI=1S/C28H31ClN6O5/c1-28(10-3-11-28)27(40)33-12-8-17(9-13-33)35-23(29)16(15-31-35)14-30-19-5-2-4-18-22(19)26(39)34(25(18)38)20-6-7-21(36)32-24(20)37/h2,4-5,15,17,20,30H,3,6-14H2,1H3,(H,32,36,37). The number of carbonyl (C=O) groups is 5. The molecule has 2 saturated heterocycles. The molecule has 5 amide bonds. The molecule has 2 aromatic rings. The maximum atomic E-state index is 13.3. The summed E-state index contributed by atoms with van der Waals surface area (Å²) in [5, 5.41) is 10.4. The average molecular weight is 567 g/mol. The van der Waals surface area contributed by atoms with E-state index in [1.54, 1.807) is 29.1 Å². The molecule has 6 rings (SSSR count). The van der Waals surface area contributed by atoms with Gasteiger partial charge in [-0.2, -0.15) is 5.10 Å². The molecule has 3 fully saturated rings. The van der Waals surface area contributed by atoms with Crippen molar-refractivity contribution in [1.82, 2.24) is 24.9 Å². The van der Waals surface area contributed by atoms with E-state index >= 15 is 0 Å². The van der Waals surface area contributed by atoms with Gasteiger partial charge in [0.15, 0.2) is 0 Å². The third-order valence-corrected chi connectivity index (χ3v) is 9.23. The number of piperidine rings is 2. The molecule has 4 heterocycles. The Morgan fingerprint density at radius 2 is 1.88 bits per heavy atom. The molecule has 12 heteroatoms. The molecule has 2 N–H and O–H groups in total. The van der Waals surface area contributed by atoms with Crippen LogP contribution in [-0.4, -0.2) is 68.2 Å². The molecule has 11 nitrogen and oxygen atoms in total. The quantitative estimate of drug-likeness (QED) is 0.513. The van der Waals surface area contributed by atoms with E-state index in [0.29, 0.717) is 23.9 Å². The van der Waals surface area contributed by atoms with E-state index in [9.17, 15) is 24.0 Å². The maximum Gasteiger partial charge on any atom is 0.264 e. The molecule has 1 saturated carbocycles. The molecule has 4 aliphatic rings. The van der Waals surface area contributed by atoms with E-state index in [4.69, 9.17) is 11.6 Å². The lowest BCUT2D eigenvalue weighted by molar-refractivity contribution is -0.147. The Morgan fingerprint density at radius 3 is 2.55 bits per heavy atom. The molecule has 0 radical (unpaired) electrons. The fourth-order valence-electron chi connectivity index (χ4n) is 6.23. The number of halogens is 1. The lowest BCUT2D eigenvalue weighted by Crippen LogP contribution is -2.54. The minimum atomic E-state index is -1.02. The zero-order valence-corrected chi connectivity index (χ0v) is 23.0. The Bertz CT molecular complexity index is 1420.